The summed E-state index contributed by atoms with van der Waals surface area (Å²) in [5.74, 6) is -0.478. The minimum absolute atomic E-state index is 0.249. The second kappa shape index (κ2) is 10.4. The van der Waals surface area contributed by atoms with Crippen LogP contribution in [-0.2, 0) is 27.2 Å². The van der Waals surface area contributed by atoms with E-state index in [-0.39, 0.29) is 13.0 Å². The summed E-state index contributed by atoms with van der Waals surface area (Å²) in [5, 5.41) is 0. The van der Waals surface area contributed by atoms with E-state index in [0.29, 0.717) is 25.2 Å². The number of benzene rings is 1. The van der Waals surface area contributed by atoms with Gasteiger partial charge in [0, 0.05) is 25.7 Å². The molecule has 0 aliphatic rings. The van der Waals surface area contributed by atoms with Crippen molar-refractivity contribution in [3.8, 4) is 0 Å². The molecule has 2 aromatic rings. The normalized spacial score (nSPS) is 11.7. The first kappa shape index (κ1) is 20.5. The molecule has 0 radical (unpaired) electrons. The molecule has 7 heteroatoms. The molecule has 27 heavy (non-hydrogen) atoms. The number of methoxy groups -OCH3 is 1. The lowest BCUT2D eigenvalue weighted by Gasteiger charge is -2.28. The van der Waals surface area contributed by atoms with E-state index < -0.39 is 18.1 Å². The van der Waals surface area contributed by atoms with E-state index >= 15 is 0 Å². The van der Waals surface area contributed by atoms with Gasteiger partial charge >= 0.3 is 12.1 Å². The molecule has 0 aliphatic heterocycles. The highest BCUT2D eigenvalue weighted by Gasteiger charge is 2.32. The van der Waals surface area contributed by atoms with Crippen molar-refractivity contribution in [3.05, 3.63) is 54.1 Å². The molecule has 0 fully saturated rings. The van der Waals surface area contributed by atoms with Gasteiger partial charge in [-0.3, -0.25) is 4.90 Å². The van der Waals surface area contributed by atoms with Gasteiger partial charge in [-0.25, -0.2) is 14.6 Å². The Morgan fingerprint density at radius 1 is 1.22 bits per heavy atom. The molecular formula is C20H27N3O4. The summed E-state index contributed by atoms with van der Waals surface area (Å²) in [6, 6.07) is 9.27. The summed E-state index contributed by atoms with van der Waals surface area (Å²) in [4.78, 5) is 30.5. The Bertz CT molecular complexity index is 730. The summed E-state index contributed by atoms with van der Waals surface area (Å²) in [7, 11) is 1.32. The van der Waals surface area contributed by atoms with E-state index in [4.69, 9.17) is 9.47 Å². The van der Waals surface area contributed by atoms with Crippen LogP contribution in [0.1, 0.15) is 31.5 Å². The molecule has 7 nitrogen and oxygen atoms in total. The molecule has 0 aliphatic carbocycles. The fourth-order valence-corrected chi connectivity index (χ4v) is 2.87. The number of hydrogen-bond donors (Lipinski definition) is 0. The molecule has 0 saturated heterocycles. The lowest BCUT2D eigenvalue weighted by Crippen LogP contribution is -2.47. The summed E-state index contributed by atoms with van der Waals surface area (Å²) < 4.78 is 12.0. The van der Waals surface area contributed by atoms with Gasteiger partial charge in [0.2, 0.25) is 0 Å². The highest BCUT2D eigenvalue weighted by molar-refractivity contribution is 5.81. The van der Waals surface area contributed by atoms with Gasteiger partial charge in [-0.1, -0.05) is 37.3 Å². The van der Waals surface area contributed by atoms with Crippen LogP contribution in [-0.4, -0.2) is 52.8 Å². The van der Waals surface area contributed by atoms with E-state index in [1.54, 1.807) is 13.3 Å². The molecule has 1 atom stereocenters. The lowest BCUT2D eigenvalue weighted by atomic mass is 10.1. The highest BCUT2D eigenvalue weighted by Crippen LogP contribution is 2.13. The first-order chi connectivity index (χ1) is 13.1. The Balaban J connectivity index is 2.15. The Morgan fingerprint density at radius 2 is 1.96 bits per heavy atom. The first-order valence-electron chi connectivity index (χ1n) is 9.14. The number of ether oxygens (including phenoxy) is 2. The van der Waals surface area contributed by atoms with Gasteiger partial charge in [0.25, 0.3) is 0 Å². The average Bonchev–Trinajstić information content (AvgIpc) is 3.12. The van der Waals surface area contributed by atoms with Gasteiger partial charge in [0.05, 0.1) is 25.7 Å². The van der Waals surface area contributed by atoms with Crippen LogP contribution in [0.15, 0.2) is 42.9 Å². The smallest absolute Gasteiger partial charge is 0.410 e. The van der Waals surface area contributed by atoms with Gasteiger partial charge in [0.1, 0.15) is 6.04 Å². The third-order valence-electron chi connectivity index (χ3n) is 4.11. The summed E-state index contributed by atoms with van der Waals surface area (Å²) in [5.41, 5.74) is 1.87. The number of carbonyl (C=O) groups excluding carboxylic acids is 2. The summed E-state index contributed by atoms with van der Waals surface area (Å²) in [6.07, 6.45) is 4.07. The van der Waals surface area contributed by atoms with Crippen molar-refractivity contribution in [2.45, 2.75) is 39.3 Å². The molecule has 0 spiro atoms. The molecule has 0 unspecified atom stereocenters. The average molecular weight is 373 g/mol. The highest BCUT2D eigenvalue weighted by atomic mass is 16.6. The minimum Gasteiger partial charge on any atom is -0.467 e. The SMILES string of the molecule is CCCN(C(=O)OCC)[C@H](Cc1cn(Cc2ccccc2)cn1)C(=O)OC. The van der Waals surface area contributed by atoms with Crippen LogP contribution >= 0.6 is 0 Å². The fourth-order valence-electron chi connectivity index (χ4n) is 2.87. The van der Waals surface area contributed by atoms with Crippen molar-refractivity contribution in [3.63, 3.8) is 0 Å². The van der Waals surface area contributed by atoms with Gasteiger partial charge in [-0.15, -0.1) is 0 Å². The number of hydrogen-bond acceptors (Lipinski definition) is 5. The molecule has 1 aromatic carbocycles. The summed E-state index contributed by atoms with van der Waals surface area (Å²) >= 11 is 0. The van der Waals surface area contributed by atoms with Crippen molar-refractivity contribution in [1.82, 2.24) is 14.5 Å². The molecule has 146 valence electrons. The van der Waals surface area contributed by atoms with E-state index in [1.165, 1.54) is 12.0 Å². The number of amides is 1. The van der Waals surface area contributed by atoms with E-state index in [9.17, 15) is 9.59 Å². The molecule has 1 heterocycles. The first-order valence-corrected chi connectivity index (χ1v) is 9.14. The van der Waals surface area contributed by atoms with E-state index in [1.807, 2.05) is 48.0 Å². The van der Waals surface area contributed by atoms with Crippen LogP contribution in [0.3, 0.4) is 0 Å². The third-order valence-corrected chi connectivity index (χ3v) is 4.11. The van der Waals surface area contributed by atoms with Crippen LogP contribution in [0.2, 0.25) is 0 Å². The second-order valence-corrected chi connectivity index (χ2v) is 6.16. The third kappa shape index (κ3) is 5.84. The number of aromatic nitrogens is 2. The molecule has 0 bridgehead atoms. The van der Waals surface area contributed by atoms with Crippen LogP contribution in [0.5, 0.6) is 0 Å². The predicted octanol–water partition coefficient (Wildman–Crippen LogP) is 2.88. The molecule has 0 saturated carbocycles. The predicted molar refractivity (Wildman–Crippen MR) is 101 cm³/mol. The minimum atomic E-state index is -0.769. The number of rotatable bonds is 9. The monoisotopic (exact) mass is 373 g/mol. The molecule has 2 rings (SSSR count). The van der Waals surface area contributed by atoms with E-state index in [0.717, 1.165) is 5.56 Å². The van der Waals surface area contributed by atoms with Crippen molar-refractivity contribution in [1.29, 1.82) is 0 Å². The Hall–Kier alpha value is -2.83. The fraction of sp³-hybridized carbons (Fsp3) is 0.450. The lowest BCUT2D eigenvalue weighted by molar-refractivity contribution is -0.146. The Morgan fingerprint density at radius 3 is 2.59 bits per heavy atom. The molecule has 1 amide bonds. The Kier molecular flexibility index (Phi) is 7.85. The summed E-state index contributed by atoms with van der Waals surface area (Å²) in [6.45, 7) is 5.02. The molecular weight excluding hydrogens is 346 g/mol. The van der Waals surface area contributed by atoms with Crippen LogP contribution in [0.25, 0.3) is 0 Å². The van der Waals surface area contributed by atoms with Crippen LogP contribution in [0, 0.1) is 0 Å². The maximum Gasteiger partial charge on any atom is 0.410 e. The molecule has 0 N–H and O–H groups in total. The number of esters is 1. The van der Waals surface area contributed by atoms with Gasteiger partial charge in [0.15, 0.2) is 0 Å². The van der Waals surface area contributed by atoms with Crippen molar-refractivity contribution in [2.24, 2.45) is 0 Å². The van der Waals surface area contributed by atoms with Crippen LogP contribution in [0.4, 0.5) is 4.79 Å². The van der Waals surface area contributed by atoms with Gasteiger partial charge in [-0.05, 0) is 18.9 Å². The second-order valence-electron chi connectivity index (χ2n) is 6.16. The van der Waals surface area contributed by atoms with Crippen molar-refractivity contribution in [2.75, 3.05) is 20.3 Å². The number of nitrogens with zero attached hydrogens (tertiary/aromatic N) is 3. The molecule has 1 aromatic heterocycles. The maximum atomic E-state index is 12.3. The quantitative estimate of drug-likeness (QED) is 0.632. The van der Waals surface area contributed by atoms with E-state index in [2.05, 4.69) is 4.98 Å². The zero-order valence-corrected chi connectivity index (χ0v) is 16.1. The number of carbonyl (C=O) groups is 2. The maximum absolute atomic E-state index is 12.3. The Labute approximate surface area is 159 Å². The van der Waals surface area contributed by atoms with Gasteiger partial charge in [-0.2, -0.15) is 0 Å². The zero-order chi connectivity index (χ0) is 19.6. The largest absolute Gasteiger partial charge is 0.467 e. The zero-order valence-electron chi connectivity index (χ0n) is 16.1. The van der Waals surface area contributed by atoms with Crippen LogP contribution < -0.4 is 0 Å². The van der Waals surface area contributed by atoms with Crippen molar-refractivity contribution < 1.29 is 19.1 Å². The van der Waals surface area contributed by atoms with Gasteiger partial charge < -0.3 is 14.0 Å². The van der Waals surface area contributed by atoms with Crippen molar-refractivity contribution >= 4 is 12.1 Å². The standard InChI is InChI=1S/C20H27N3O4/c1-4-11-23(20(25)27-5-2)18(19(24)26-3)12-17-14-22(15-21-17)13-16-9-7-6-8-10-16/h6-10,14-15,18H,4-5,11-13H2,1-3H3/t18-/m1/s1. The topological polar surface area (TPSA) is 73.7 Å². The number of imidazole rings is 1.